The van der Waals surface area contributed by atoms with Gasteiger partial charge in [-0.3, -0.25) is 14.7 Å². The number of guanidine groups is 1. The van der Waals surface area contributed by atoms with Crippen LogP contribution in [0.4, 0.5) is 0 Å². The van der Waals surface area contributed by atoms with Crippen LogP contribution in [0.25, 0.3) is 0 Å². The SMILES string of the molecule is CCNC(=NCC1CCN(Cc2nc(C)c(C)o2)CC1)N1CCN(C(C)=O)CC1. The van der Waals surface area contributed by atoms with Gasteiger partial charge < -0.3 is 19.5 Å². The Hall–Kier alpha value is -2.09. The lowest BCUT2D eigenvalue weighted by atomic mass is 9.97. The summed E-state index contributed by atoms with van der Waals surface area (Å²) in [6.45, 7) is 15.6. The molecule has 8 heteroatoms. The Morgan fingerprint density at radius 2 is 1.79 bits per heavy atom. The molecule has 2 aliphatic heterocycles. The van der Waals surface area contributed by atoms with E-state index in [4.69, 9.17) is 9.41 Å². The molecule has 0 bridgehead atoms. The molecule has 3 heterocycles. The van der Waals surface area contributed by atoms with Gasteiger partial charge in [-0.25, -0.2) is 4.98 Å². The van der Waals surface area contributed by atoms with E-state index in [2.05, 4.69) is 27.0 Å². The molecule has 0 atom stereocenters. The van der Waals surface area contributed by atoms with Crippen LogP contribution in [0.3, 0.4) is 0 Å². The predicted octanol–water partition coefficient (Wildman–Crippen LogP) is 1.63. The minimum Gasteiger partial charge on any atom is -0.444 e. The highest BCUT2D eigenvalue weighted by Gasteiger charge is 2.23. The molecule has 1 amide bonds. The van der Waals surface area contributed by atoms with Crippen molar-refractivity contribution in [1.82, 2.24) is 25.0 Å². The molecule has 0 spiro atoms. The number of rotatable bonds is 5. The summed E-state index contributed by atoms with van der Waals surface area (Å²) in [6, 6.07) is 0. The topological polar surface area (TPSA) is 77.2 Å². The molecule has 8 nitrogen and oxygen atoms in total. The minimum atomic E-state index is 0.161. The molecule has 3 rings (SSSR count). The van der Waals surface area contributed by atoms with Crippen LogP contribution in [-0.2, 0) is 11.3 Å². The number of carbonyl (C=O) groups is 1. The second kappa shape index (κ2) is 10.1. The summed E-state index contributed by atoms with van der Waals surface area (Å²) in [7, 11) is 0. The Kier molecular flexibility index (Phi) is 7.52. The summed E-state index contributed by atoms with van der Waals surface area (Å²) < 4.78 is 5.73. The summed E-state index contributed by atoms with van der Waals surface area (Å²) in [6.07, 6.45) is 2.30. The zero-order chi connectivity index (χ0) is 20.8. The maximum absolute atomic E-state index is 11.5. The number of hydrogen-bond donors (Lipinski definition) is 1. The second-order valence-electron chi connectivity index (χ2n) is 8.16. The van der Waals surface area contributed by atoms with E-state index in [1.165, 1.54) is 0 Å². The second-order valence-corrected chi connectivity index (χ2v) is 8.16. The first-order valence-electron chi connectivity index (χ1n) is 10.9. The van der Waals surface area contributed by atoms with E-state index in [9.17, 15) is 4.79 Å². The zero-order valence-corrected chi connectivity index (χ0v) is 18.4. The fourth-order valence-corrected chi connectivity index (χ4v) is 4.00. The fourth-order valence-electron chi connectivity index (χ4n) is 4.00. The Balaban J connectivity index is 1.46. The van der Waals surface area contributed by atoms with Gasteiger partial charge in [0.15, 0.2) is 5.96 Å². The van der Waals surface area contributed by atoms with Gasteiger partial charge in [-0.15, -0.1) is 0 Å². The molecule has 2 saturated heterocycles. The molecular formula is C21H36N6O2. The smallest absolute Gasteiger partial charge is 0.219 e. The number of nitrogens with one attached hydrogen (secondary N) is 1. The molecule has 0 radical (unpaired) electrons. The van der Waals surface area contributed by atoms with Crippen molar-refractivity contribution < 1.29 is 9.21 Å². The average molecular weight is 405 g/mol. The van der Waals surface area contributed by atoms with E-state index in [0.717, 1.165) is 95.0 Å². The normalized spacial score (nSPS) is 19.7. The molecular weight excluding hydrogens is 368 g/mol. The molecule has 0 aliphatic carbocycles. The van der Waals surface area contributed by atoms with Gasteiger partial charge in [0.25, 0.3) is 0 Å². The van der Waals surface area contributed by atoms with Crippen molar-refractivity contribution in [3.05, 3.63) is 17.3 Å². The highest BCUT2D eigenvalue weighted by atomic mass is 16.4. The van der Waals surface area contributed by atoms with Crippen LogP contribution in [0.15, 0.2) is 9.41 Å². The molecule has 2 aliphatic rings. The molecule has 0 unspecified atom stereocenters. The highest BCUT2D eigenvalue weighted by molar-refractivity contribution is 5.80. The largest absolute Gasteiger partial charge is 0.444 e. The number of oxazole rings is 1. The van der Waals surface area contributed by atoms with Gasteiger partial charge in [-0.2, -0.15) is 0 Å². The molecule has 0 aromatic carbocycles. The van der Waals surface area contributed by atoms with Gasteiger partial charge >= 0.3 is 0 Å². The van der Waals surface area contributed by atoms with Crippen molar-refractivity contribution in [2.24, 2.45) is 10.9 Å². The third kappa shape index (κ3) is 5.95. The predicted molar refractivity (Wildman–Crippen MR) is 114 cm³/mol. The van der Waals surface area contributed by atoms with Crippen molar-refractivity contribution in [1.29, 1.82) is 0 Å². The highest BCUT2D eigenvalue weighted by Crippen LogP contribution is 2.20. The minimum absolute atomic E-state index is 0.161. The quantitative estimate of drug-likeness (QED) is 0.594. The van der Waals surface area contributed by atoms with Crippen LogP contribution in [0.5, 0.6) is 0 Å². The fraction of sp³-hybridized carbons (Fsp3) is 0.762. The standard InChI is InChI=1S/C21H36N6O2/c1-5-22-21(27-12-10-26(11-13-27)18(4)28)23-14-19-6-8-25(9-7-19)15-20-24-16(2)17(3)29-20/h19H,5-15H2,1-4H3,(H,22,23). The first-order chi connectivity index (χ1) is 14.0. The lowest BCUT2D eigenvalue weighted by Gasteiger charge is -2.36. The monoisotopic (exact) mass is 404 g/mol. The molecule has 1 N–H and O–H groups in total. The van der Waals surface area contributed by atoms with Gasteiger partial charge in [0, 0.05) is 46.2 Å². The van der Waals surface area contributed by atoms with E-state index in [-0.39, 0.29) is 5.91 Å². The number of piperazine rings is 1. The molecule has 162 valence electrons. The van der Waals surface area contributed by atoms with Crippen LogP contribution in [-0.4, -0.2) is 83.9 Å². The first kappa shape index (κ1) is 21.6. The third-order valence-electron chi connectivity index (χ3n) is 6.00. The van der Waals surface area contributed by atoms with Gasteiger partial charge in [0.2, 0.25) is 11.8 Å². The first-order valence-corrected chi connectivity index (χ1v) is 10.9. The van der Waals surface area contributed by atoms with E-state index >= 15 is 0 Å². The van der Waals surface area contributed by atoms with Crippen LogP contribution in [0.2, 0.25) is 0 Å². The average Bonchev–Trinajstić information content (AvgIpc) is 3.03. The van der Waals surface area contributed by atoms with Crippen molar-refractivity contribution in [3.63, 3.8) is 0 Å². The van der Waals surface area contributed by atoms with E-state index in [1.54, 1.807) is 6.92 Å². The Labute approximate surface area is 174 Å². The molecule has 1 aromatic rings. The Morgan fingerprint density at radius 1 is 1.14 bits per heavy atom. The summed E-state index contributed by atoms with van der Waals surface area (Å²) in [5, 5.41) is 3.43. The Morgan fingerprint density at radius 3 is 2.34 bits per heavy atom. The maximum Gasteiger partial charge on any atom is 0.219 e. The number of aromatic nitrogens is 1. The summed E-state index contributed by atoms with van der Waals surface area (Å²) >= 11 is 0. The van der Waals surface area contributed by atoms with Crippen LogP contribution in [0.1, 0.15) is 44.0 Å². The van der Waals surface area contributed by atoms with Gasteiger partial charge in [-0.1, -0.05) is 0 Å². The summed E-state index contributed by atoms with van der Waals surface area (Å²) in [5.74, 6) is 3.52. The van der Waals surface area contributed by atoms with E-state index < -0.39 is 0 Å². The van der Waals surface area contributed by atoms with Gasteiger partial charge in [-0.05, 0) is 52.6 Å². The van der Waals surface area contributed by atoms with Crippen LogP contribution < -0.4 is 5.32 Å². The van der Waals surface area contributed by atoms with Crippen molar-refractivity contribution >= 4 is 11.9 Å². The van der Waals surface area contributed by atoms with Gasteiger partial charge in [0.1, 0.15) is 5.76 Å². The third-order valence-corrected chi connectivity index (χ3v) is 6.00. The lowest BCUT2D eigenvalue weighted by Crippen LogP contribution is -2.53. The zero-order valence-electron chi connectivity index (χ0n) is 18.4. The number of aliphatic imine (C=N–C) groups is 1. The van der Waals surface area contributed by atoms with Crippen molar-refractivity contribution in [2.45, 2.75) is 47.1 Å². The van der Waals surface area contributed by atoms with E-state index in [0.29, 0.717) is 5.92 Å². The molecule has 0 saturated carbocycles. The van der Waals surface area contributed by atoms with Crippen LogP contribution in [0, 0.1) is 19.8 Å². The molecule has 29 heavy (non-hydrogen) atoms. The molecule has 1 aromatic heterocycles. The van der Waals surface area contributed by atoms with Crippen LogP contribution >= 0.6 is 0 Å². The number of hydrogen-bond acceptors (Lipinski definition) is 5. The number of amides is 1. The number of nitrogens with zero attached hydrogens (tertiary/aromatic N) is 5. The summed E-state index contributed by atoms with van der Waals surface area (Å²) in [4.78, 5) is 27.6. The number of aryl methyl sites for hydroxylation is 2. The lowest BCUT2D eigenvalue weighted by molar-refractivity contribution is -0.130. The van der Waals surface area contributed by atoms with Gasteiger partial charge in [0.05, 0.1) is 12.2 Å². The van der Waals surface area contributed by atoms with Crippen molar-refractivity contribution in [2.75, 3.05) is 52.4 Å². The number of piperidine rings is 1. The number of carbonyl (C=O) groups excluding carboxylic acids is 1. The maximum atomic E-state index is 11.5. The van der Waals surface area contributed by atoms with Crippen molar-refractivity contribution in [3.8, 4) is 0 Å². The Bertz CT molecular complexity index is 681. The van der Waals surface area contributed by atoms with E-state index in [1.807, 2.05) is 18.7 Å². The number of likely N-dealkylation sites (tertiary alicyclic amines) is 1. The molecule has 2 fully saturated rings. The summed E-state index contributed by atoms with van der Waals surface area (Å²) in [5.41, 5.74) is 0.990.